The summed E-state index contributed by atoms with van der Waals surface area (Å²) in [7, 11) is 0. The van der Waals surface area contributed by atoms with Gasteiger partial charge in [0.2, 0.25) is 0 Å². The number of benzene rings is 1. The van der Waals surface area contributed by atoms with Crippen LogP contribution < -0.4 is 10.5 Å². The van der Waals surface area contributed by atoms with Crippen molar-refractivity contribution in [1.29, 1.82) is 0 Å². The zero-order valence-electron chi connectivity index (χ0n) is 11.6. The molecule has 0 amide bonds. The number of aromatic nitrogens is 2. The van der Waals surface area contributed by atoms with Crippen LogP contribution >= 0.6 is 11.6 Å². The number of hydrogen-bond donors (Lipinski definition) is 1. The van der Waals surface area contributed by atoms with Crippen LogP contribution in [0, 0.1) is 0 Å². The molecule has 1 N–H and O–H groups in total. The third-order valence-electron chi connectivity index (χ3n) is 3.72. The van der Waals surface area contributed by atoms with E-state index in [0.29, 0.717) is 10.7 Å². The smallest absolute Gasteiger partial charge is 0.289 e. The predicted octanol–water partition coefficient (Wildman–Crippen LogP) is 1.75. The molecule has 0 bridgehead atoms. The van der Waals surface area contributed by atoms with Crippen molar-refractivity contribution < 1.29 is 0 Å². The molecular formula is C15H17ClN4O. The maximum Gasteiger partial charge on any atom is 0.289 e. The van der Waals surface area contributed by atoms with Gasteiger partial charge in [-0.15, -0.1) is 0 Å². The van der Waals surface area contributed by atoms with E-state index < -0.39 is 0 Å². The van der Waals surface area contributed by atoms with Gasteiger partial charge in [0.15, 0.2) is 0 Å². The van der Waals surface area contributed by atoms with Crippen LogP contribution in [-0.4, -0.2) is 41.3 Å². The van der Waals surface area contributed by atoms with Crippen molar-refractivity contribution >= 4 is 17.3 Å². The van der Waals surface area contributed by atoms with E-state index in [9.17, 15) is 4.79 Å². The second kappa shape index (κ2) is 6.28. The summed E-state index contributed by atoms with van der Waals surface area (Å²) < 4.78 is 0. The van der Waals surface area contributed by atoms with Crippen molar-refractivity contribution in [1.82, 2.24) is 15.1 Å². The number of piperazine rings is 1. The van der Waals surface area contributed by atoms with Crippen LogP contribution in [0.3, 0.4) is 0 Å². The highest BCUT2D eigenvalue weighted by atomic mass is 35.5. The molecule has 0 spiro atoms. The van der Waals surface area contributed by atoms with Crippen molar-refractivity contribution in [2.24, 2.45) is 0 Å². The second-order valence-corrected chi connectivity index (χ2v) is 5.55. The van der Waals surface area contributed by atoms with Gasteiger partial charge < -0.3 is 4.90 Å². The minimum atomic E-state index is -0.223. The predicted molar refractivity (Wildman–Crippen MR) is 83.8 cm³/mol. The van der Waals surface area contributed by atoms with Gasteiger partial charge in [0.1, 0.15) is 5.69 Å². The molecule has 0 radical (unpaired) electrons. The minimum Gasteiger partial charge on any atom is -0.363 e. The molecule has 110 valence electrons. The van der Waals surface area contributed by atoms with Gasteiger partial charge in [0.05, 0.1) is 11.2 Å². The molecule has 5 nitrogen and oxygen atoms in total. The Morgan fingerprint density at radius 2 is 1.86 bits per heavy atom. The summed E-state index contributed by atoms with van der Waals surface area (Å²) in [5.41, 5.74) is 1.62. The van der Waals surface area contributed by atoms with Crippen LogP contribution in [-0.2, 0) is 6.54 Å². The first kappa shape index (κ1) is 14.1. The molecule has 0 atom stereocenters. The maximum absolute atomic E-state index is 11.9. The Kier molecular flexibility index (Phi) is 4.22. The number of nitrogens with one attached hydrogen (secondary N) is 1. The Bertz CT molecular complexity index is 650. The fourth-order valence-electron chi connectivity index (χ4n) is 2.64. The monoisotopic (exact) mass is 304 g/mol. The van der Waals surface area contributed by atoms with Crippen LogP contribution in [0.15, 0.2) is 41.3 Å². The molecule has 1 fully saturated rings. The molecule has 6 heteroatoms. The van der Waals surface area contributed by atoms with E-state index in [1.54, 1.807) is 0 Å². The maximum atomic E-state index is 11.9. The molecule has 0 unspecified atom stereocenters. The van der Waals surface area contributed by atoms with Gasteiger partial charge >= 0.3 is 0 Å². The first-order chi connectivity index (χ1) is 10.2. The summed E-state index contributed by atoms with van der Waals surface area (Å²) >= 11 is 6.09. The molecular weight excluding hydrogens is 288 g/mol. The number of halogens is 1. The first-order valence-corrected chi connectivity index (χ1v) is 7.36. The van der Waals surface area contributed by atoms with Gasteiger partial charge in [-0.05, 0) is 5.56 Å². The molecule has 1 aliphatic rings. The fraction of sp³-hybridized carbons (Fsp3) is 0.333. The number of rotatable bonds is 3. The normalized spacial score (nSPS) is 16.1. The van der Waals surface area contributed by atoms with Gasteiger partial charge in [-0.25, -0.2) is 5.10 Å². The van der Waals surface area contributed by atoms with E-state index in [-0.39, 0.29) is 5.56 Å². The Labute approximate surface area is 128 Å². The summed E-state index contributed by atoms with van der Waals surface area (Å²) in [6.07, 6.45) is 1.48. The van der Waals surface area contributed by atoms with Gasteiger partial charge in [-0.1, -0.05) is 41.9 Å². The van der Waals surface area contributed by atoms with Crippen molar-refractivity contribution in [3.05, 3.63) is 57.5 Å². The summed E-state index contributed by atoms with van der Waals surface area (Å²) in [4.78, 5) is 16.3. The van der Waals surface area contributed by atoms with Crippen molar-refractivity contribution in [3.63, 3.8) is 0 Å². The lowest BCUT2D eigenvalue weighted by atomic mass is 10.2. The lowest BCUT2D eigenvalue weighted by Crippen LogP contribution is -2.47. The third kappa shape index (κ3) is 3.25. The van der Waals surface area contributed by atoms with E-state index in [1.165, 1.54) is 11.8 Å². The van der Waals surface area contributed by atoms with Gasteiger partial charge in [-0.2, -0.15) is 5.10 Å². The molecule has 1 aromatic carbocycles. The van der Waals surface area contributed by atoms with E-state index >= 15 is 0 Å². The highest BCUT2D eigenvalue weighted by Crippen LogP contribution is 2.21. The minimum absolute atomic E-state index is 0.223. The molecule has 2 aromatic rings. The van der Waals surface area contributed by atoms with Gasteiger partial charge in [0.25, 0.3) is 5.56 Å². The van der Waals surface area contributed by atoms with E-state index in [2.05, 4.69) is 39.4 Å². The largest absolute Gasteiger partial charge is 0.363 e. The van der Waals surface area contributed by atoms with E-state index in [4.69, 9.17) is 11.6 Å². The zero-order valence-corrected chi connectivity index (χ0v) is 12.4. The number of hydrogen-bond acceptors (Lipinski definition) is 4. The molecule has 1 aliphatic heterocycles. The average molecular weight is 305 g/mol. The topological polar surface area (TPSA) is 52.2 Å². The summed E-state index contributed by atoms with van der Waals surface area (Å²) in [5, 5.41) is 6.56. The van der Waals surface area contributed by atoms with Crippen LogP contribution in [0.2, 0.25) is 5.02 Å². The summed E-state index contributed by atoms with van der Waals surface area (Å²) in [6.45, 7) is 4.34. The van der Waals surface area contributed by atoms with Crippen molar-refractivity contribution in [2.75, 3.05) is 31.1 Å². The summed E-state index contributed by atoms with van der Waals surface area (Å²) in [5.74, 6) is 0. The highest BCUT2D eigenvalue weighted by Gasteiger charge is 2.21. The number of anilines is 1. The zero-order chi connectivity index (χ0) is 14.7. The fourth-order valence-corrected chi connectivity index (χ4v) is 2.89. The average Bonchev–Trinajstić information content (AvgIpc) is 2.50. The SMILES string of the molecule is O=c1[nH]ncc(Cl)c1N1CCN(Cc2ccccc2)CC1. The Morgan fingerprint density at radius 1 is 1.14 bits per heavy atom. The molecule has 0 saturated carbocycles. The lowest BCUT2D eigenvalue weighted by Gasteiger charge is -2.35. The molecule has 1 saturated heterocycles. The first-order valence-electron chi connectivity index (χ1n) is 6.98. The van der Waals surface area contributed by atoms with Gasteiger partial charge in [0, 0.05) is 32.7 Å². The molecule has 3 rings (SSSR count). The van der Waals surface area contributed by atoms with E-state index in [1.807, 2.05) is 11.0 Å². The van der Waals surface area contributed by atoms with Crippen LogP contribution in [0.25, 0.3) is 0 Å². The summed E-state index contributed by atoms with van der Waals surface area (Å²) in [6, 6.07) is 10.4. The van der Waals surface area contributed by atoms with Crippen molar-refractivity contribution in [2.45, 2.75) is 6.54 Å². The quantitative estimate of drug-likeness (QED) is 0.938. The van der Waals surface area contributed by atoms with Crippen molar-refractivity contribution in [3.8, 4) is 0 Å². The second-order valence-electron chi connectivity index (χ2n) is 5.14. The van der Waals surface area contributed by atoms with E-state index in [0.717, 1.165) is 32.7 Å². The lowest BCUT2D eigenvalue weighted by molar-refractivity contribution is 0.249. The Balaban J connectivity index is 1.64. The third-order valence-corrected chi connectivity index (χ3v) is 4.00. The standard InChI is InChI=1S/C15H17ClN4O/c16-13-10-17-18-15(21)14(13)20-8-6-19(7-9-20)11-12-4-2-1-3-5-12/h1-5,10H,6-9,11H2,(H,18,21). The van der Waals surface area contributed by atoms with Crippen LogP contribution in [0.4, 0.5) is 5.69 Å². The molecule has 2 heterocycles. The van der Waals surface area contributed by atoms with Crippen LogP contribution in [0.5, 0.6) is 0 Å². The number of aromatic amines is 1. The number of H-pyrrole nitrogens is 1. The highest BCUT2D eigenvalue weighted by molar-refractivity contribution is 6.33. The van der Waals surface area contributed by atoms with Gasteiger partial charge in [-0.3, -0.25) is 9.69 Å². The van der Waals surface area contributed by atoms with Crippen LogP contribution in [0.1, 0.15) is 5.56 Å². The number of nitrogens with zero attached hydrogens (tertiary/aromatic N) is 3. The molecule has 0 aliphatic carbocycles. The molecule has 1 aromatic heterocycles. The molecule has 21 heavy (non-hydrogen) atoms. The Morgan fingerprint density at radius 3 is 2.52 bits per heavy atom. The Hall–Kier alpha value is -1.85.